The fourth-order valence-corrected chi connectivity index (χ4v) is 2.70. The van der Waals surface area contributed by atoms with E-state index in [0.717, 1.165) is 0 Å². The van der Waals surface area contributed by atoms with Crippen LogP contribution in [-0.4, -0.2) is 37.4 Å². The highest BCUT2D eigenvalue weighted by molar-refractivity contribution is 5.88. The van der Waals surface area contributed by atoms with Crippen LogP contribution in [0, 0.1) is 5.41 Å². The summed E-state index contributed by atoms with van der Waals surface area (Å²) in [4.78, 5) is 7.41. The summed E-state index contributed by atoms with van der Waals surface area (Å²) in [6, 6.07) is 0. The van der Waals surface area contributed by atoms with E-state index < -0.39 is 0 Å². The van der Waals surface area contributed by atoms with Gasteiger partial charge in [-0.1, -0.05) is 5.16 Å². The molecule has 0 aliphatic carbocycles. The molecule has 2 aliphatic heterocycles. The highest BCUT2D eigenvalue weighted by atomic mass is 16.6. The minimum atomic E-state index is 0.355. The van der Waals surface area contributed by atoms with E-state index in [1.165, 1.54) is 44.6 Å². The number of hydrogen-bond acceptors (Lipinski definition) is 3. The Morgan fingerprint density at radius 1 is 1.38 bits per heavy atom. The third-order valence-electron chi connectivity index (χ3n) is 3.56. The highest BCUT2D eigenvalue weighted by Gasteiger charge is 2.43. The van der Waals surface area contributed by atoms with Crippen molar-refractivity contribution < 1.29 is 4.84 Å². The van der Waals surface area contributed by atoms with Crippen LogP contribution in [0.3, 0.4) is 0 Å². The Hall–Kier alpha value is -0.570. The van der Waals surface area contributed by atoms with Gasteiger partial charge in [0.05, 0.1) is 5.71 Å². The fourth-order valence-electron chi connectivity index (χ4n) is 2.70. The number of nitrogens with zero attached hydrogens (tertiary/aromatic N) is 2. The highest BCUT2D eigenvalue weighted by Crippen LogP contribution is 2.40. The lowest BCUT2D eigenvalue weighted by molar-refractivity contribution is 0.195. The molecule has 2 aliphatic rings. The average molecular weight is 182 g/mol. The monoisotopic (exact) mass is 182 g/mol. The van der Waals surface area contributed by atoms with Crippen LogP contribution in [0.1, 0.15) is 26.2 Å². The summed E-state index contributed by atoms with van der Waals surface area (Å²) in [5, 5.41) is 4.11. The fraction of sp³-hybridized carbons (Fsp3) is 0.900. The number of fused-ring (bicyclic) bond motifs is 2. The molecule has 0 N–H and O–H groups in total. The molecule has 2 rings (SSSR count). The van der Waals surface area contributed by atoms with Crippen molar-refractivity contribution in [3.63, 3.8) is 0 Å². The minimum Gasteiger partial charge on any atom is -0.399 e. The summed E-state index contributed by atoms with van der Waals surface area (Å²) in [5.41, 5.74) is 1.55. The van der Waals surface area contributed by atoms with Crippen molar-refractivity contribution in [1.82, 2.24) is 4.90 Å². The van der Waals surface area contributed by atoms with E-state index in [4.69, 9.17) is 4.84 Å². The van der Waals surface area contributed by atoms with Gasteiger partial charge < -0.3 is 9.74 Å². The molecular weight excluding hydrogens is 164 g/mol. The van der Waals surface area contributed by atoms with Crippen molar-refractivity contribution in [3.8, 4) is 0 Å². The topological polar surface area (TPSA) is 24.8 Å². The van der Waals surface area contributed by atoms with Crippen molar-refractivity contribution in [2.75, 3.05) is 26.7 Å². The van der Waals surface area contributed by atoms with Crippen LogP contribution in [0.2, 0.25) is 0 Å². The van der Waals surface area contributed by atoms with Gasteiger partial charge in [0.15, 0.2) is 0 Å². The molecule has 3 nitrogen and oxygen atoms in total. The van der Waals surface area contributed by atoms with E-state index in [1.807, 2.05) is 0 Å². The van der Waals surface area contributed by atoms with Gasteiger partial charge >= 0.3 is 0 Å². The first-order valence-electron chi connectivity index (χ1n) is 5.07. The van der Waals surface area contributed by atoms with E-state index in [9.17, 15) is 0 Å². The number of oxime groups is 1. The first-order chi connectivity index (χ1) is 6.27. The molecule has 0 saturated carbocycles. The number of hydrogen-bond donors (Lipinski definition) is 0. The maximum absolute atomic E-state index is 4.87. The zero-order chi connectivity index (χ0) is 9.31. The van der Waals surface area contributed by atoms with Gasteiger partial charge in [-0.15, -0.1) is 0 Å². The molecule has 0 aromatic heterocycles. The molecule has 2 bridgehead atoms. The predicted octanol–water partition coefficient (Wildman–Crippen LogP) is 1.49. The summed E-state index contributed by atoms with van der Waals surface area (Å²) < 4.78 is 0. The van der Waals surface area contributed by atoms with Gasteiger partial charge in [-0.2, -0.15) is 0 Å². The first kappa shape index (κ1) is 9.00. The van der Waals surface area contributed by atoms with Gasteiger partial charge in [0.2, 0.25) is 0 Å². The van der Waals surface area contributed by atoms with Gasteiger partial charge in [0, 0.05) is 12.0 Å². The molecule has 2 saturated heterocycles. The second-order valence-electron chi connectivity index (χ2n) is 4.27. The van der Waals surface area contributed by atoms with E-state index in [0.29, 0.717) is 5.41 Å². The van der Waals surface area contributed by atoms with Crippen LogP contribution < -0.4 is 0 Å². The van der Waals surface area contributed by atoms with E-state index >= 15 is 0 Å². The molecule has 0 radical (unpaired) electrons. The smallest absolute Gasteiger partial charge is 0.106 e. The standard InChI is InChI=1S/C10H18N2O/c1-9(11-13-2)10-4-3-6-12(8-10)7-5-10/h3-8H2,1-2H3/b11-9+. The van der Waals surface area contributed by atoms with E-state index in [-0.39, 0.29) is 0 Å². The molecule has 2 heterocycles. The molecule has 0 aromatic rings. The Kier molecular flexibility index (Phi) is 2.28. The van der Waals surface area contributed by atoms with Crippen LogP contribution in [-0.2, 0) is 4.84 Å². The second kappa shape index (κ2) is 3.29. The molecule has 13 heavy (non-hydrogen) atoms. The molecule has 2 unspecified atom stereocenters. The Bertz CT molecular complexity index is 223. The van der Waals surface area contributed by atoms with Gasteiger partial charge in [-0.05, 0) is 39.3 Å². The van der Waals surface area contributed by atoms with Gasteiger partial charge in [-0.3, -0.25) is 0 Å². The Morgan fingerprint density at radius 3 is 3.00 bits per heavy atom. The zero-order valence-corrected chi connectivity index (χ0v) is 8.55. The van der Waals surface area contributed by atoms with Crippen molar-refractivity contribution >= 4 is 5.71 Å². The molecule has 3 heteroatoms. The van der Waals surface area contributed by atoms with Crippen LogP contribution in [0.25, 0.3) is 0 Å². The molecule has 0 amide bonds. The van der Waals surface area contributed by atoms with Crippen molar-refractivity contribution in [2.24, 2.45) is 10.6 Å². The average Bonchev–Trinajstić information content (AvgIpc) is 2.44. The van der Waals surface area contributed by atoms with Crippen molar-refractivity contribution in [1.29, 1.82) is 0 Å². The third-order valence-corrected chi connectivity index (χ3v) is 3.56. The van der Waals surface area contributed by atoms with Gasteiger partial charge in [0.1, 0.15) is 7.11 Å². The zero-order valence-electron chi connectivity index (χ0n) is 8.55. The molecule has 0 aromatic carbocycles. The largest absolute Gasteiger partial charge is 0.399 e. The van der Waals surface area contributed by atoms with Crippen molar-refractivity contribution in [3.05, 3.63) is 0 Å². The van der Waals surface area contributed by atoms with Gasteiger partial charge in [0.25, 0.3) is 0 Å². The van der Waals surface area contributed by atoms with E-state index in [2.05, 4.69) is 17.0 Å². The lowest BCUT2D eigenvalue weighted by Gasteiger charge is -2.33. The van der Waals surface area contributed by atoms with Crippen molar-refractivity contribution in [2.45, 2.75) is 26.2 Å². The summed E-state index contributed by atoms with van der Waals surface area (Å²) in [6.45, 7) is 5.84. The molecule has 74 valence electrons. The number of rotatable bonds is 2. The molecule has 0 spiro atoms. The summed E-state index contributed by atoms with van der Waals surface area (Å²) in [6.07, 6.45) is 3.88. The predicted molar refractivity (Wildman–Crippen MR) is 52.8 cm³/mol. The summed E-state index contributed by atoms with van der Waals surface area (Å²) >= 11 is 0. The summed E-state index contributed by atoms with van der Waals surface area (Å²) in [7, 11) is 1.63. The second-order valence-corrected chi connectivity index (χ2v) is 4.27. The third kappa shape index (κ3) is 1.46. The number of piperidine rings is 1. The lowest BCUT2D eigenvalue weighted by atomic mass is 9.77. The van der Waals surface area contributed by atoms with E-state index in [1.54, 1.807) is 7.11 Å². The van der Waals surface area contributed by atoms with Gasteiger partial charge in [-0.25, -0.2) is 0 Å². The Morgan fingerprint density at radius 2 is 2.23 bits per heavy atom. The molecule has 2 fully saturated rings. The van der Waals surface area contributed by atoms with Crippen LogP contribution in [0.5, 0.6) is 0 Å². The molecule has 2 atom stereocenters. The quantitative estimate of drug-likeness (QED) is 0.477. The molecular formula is C10H18N2O. The first-order valence-corrected chi connectivity index (χ1v) is 5.07. The lowest BCUT2D eigenvalue weighted by Crippen LogP contribution is -2.38. The maximum atomic E-state index is 4.87. The normalized spacial score (nSPS) is 39.2. The SMILES string of the molecule is CO/N=C(\C)C12CCCN(CC1)C2. The summed E-state index contributed by atoms with van der Waals surface area (Å²) in [5.74, 6) is 0. The maximum Gasteiger partial charge on any atom is 0.106 e. The minimum absolute atomic E-state index is 0.355. The Labute approximate surface area is 79.7 Å². The Balaban J connectivity index is 2.15. The van der Waals surface area contributed by atoms with Crippen LogP contribution >= 0.6 is 0 Å². The van der Waals surface area contributed by atoms with Crippen LogP contribution in [0.4, 0.5) is 0 Å². The van der Waals surface area contributed by atoms with Crippen LogP contribution in [0.15, 0.2) is 5.16 Å².